The van der Waals surface area contributed by atoms with Crippen LogP contribution in [0.25, 0.3) is 22.3 Å². The molecule has 4 rings (SSSR count). The second-order valence-corrected chi connectivity index (χ2v) is 8.41. The van der Waals surface area contributed by atoms with Gasteiger partial charge in [-0.3, -0.25) is 9.79 Å². The Morgan fingerprint density at radius 1 is 1.21 bits per heavy atom. The van der Waals surface area contributed by atoms with E-state index in [-0.39, 0.29) is 11.5 Å². The lowest BCUT2D eigenvalue weighted by Gasteiger charge is -2.19. The van der Waals surface area contributed by atoms with E-state index in [1.807, 2.05) is 50.2 Å². The van der Waals surface area contributed by atoms with Crippen molar-refractivity contribution in [2.45, 2.75) is 26.8 Å². The molecule has 7 heteroatoms. The van der Waals surface area contributed by atoms with Crippen molar-refractivity contribution < 1.29 is 4.42 Å². The number of nitrogens with two attached hydrogens (primary N) is 1. The summed E-state index contributed by atoms with van der Waals surface area (Å²) in [5, 5.41) is 4.31. The molecule has 1 atom stereocenters. The molecule has 0 radical (unpaired) electrons. The van der Waals surface area contributed by atoms with E-state index in [0.29, 0.717) is 38.8 Å². The molecule has 0 aliphatic rings. The Morgan fingerprint density at radius 2 is 2.00 bits per heavy atom. The Labute approximate surface area is 197 Å². The summed E-state index contributed by atoms with van der Waals surface area (Å²) in [7, 11) is 1.69. The van der Waals surface area contributed by atoms with Crippen molar-refractivity contribution in [1.82, 2.24) is 4.98 Å². The monoisotopic (exact) mass is 460 g/mol. The largest absolute Gasteiger partial charge is 0.455 e. The van der Waals surface area contributed by atoms with Gasteiger partial charge in [-0.2, -0.15) is 0 Å². The molecular weight excluding hydrogens is 436 g/mol. The Morgan fingerprint density at radius 3 is 2.73 bits per heavy atom. The minimum atomic E-state index is -0.193. The van der Waals surface area contributed by atoms with E-state index in [4.69, 9.17) is 21.8 Å². The van der Waals surface area contributed by atoms with Gasteiger partial charge in [0.2, 0.25) is 0 Å². The van der Waals surface area contributed by atoms with E-state index < -0.39 is 0 Å². The number of aryl methyl sites for hydroxylation is 1. The van der Waals surface area contributed by atoms with E-state index >= 15 is 0 Å². The first-order chi connectivity index (χ1) is 15.8. The first-order valence-electron chi connectivity index (χ1n) is 10.6. The van der Waals surface area contributed by atoms with Gasteiger partial charge in [0.1, 0.15) is 11.3 Å². The van der Waals surface area contributed by atoms with Crippen LogP contribution in [0.1, 0.15) is 35.2 Å². The normalized spacial score (nSPS) is 12.4. The van der Waals surface area contributed by atoms with Crippen LogP contribution in [0.15, 0.2) is 62.9 Å². The predicted molar refractivity (Wildman–Crippen MR) is 137 cm³/mol. The van der Waals surface area contributed by atoms with Crippen LogP contribution in [0, 0.1) is 13.8 Å². The standard InChI is InChI=1S/C26H25ClN4O2/c1-14-10-19(16(3)31-22-6-5-9-30-26(22)27)25-20(11-14)23(32)15(2)24(33-25)17-7-8-21(28)18(12-17)13-29-4/h5-13,16,31H,28H2,1-4H3/t16-/m1/s1. The minimum absolute atomic E-state index is 0.0645. The Bertz CT molecular complexity index is 1440. The van der Waals surface area contributed by atoms with Crippen molar-refractivity contribution in [2.24, 2.45) is 4.99 Å². The molecule has 4 aromatic rings. The number of hydrogen-bond donors (Lipinski definition) is 2. The van der Waals surface area contributed by atoms with Crippen LogP contribution in [0.2, 0.25) is 5.15 Å². The van der Waals surface area contributed by atoms with Gasteiger partial charge in [0, 0.05) is 47.4 Å². The summed E-state index contributed by atoms with van der Waals surface area (Å²) in [5.41, 5.74) is 11.7. The summed E-state index contributed by atoms with van der Waals surface area (Å²) in [4.78, 5) is 21.6. The van der Waals surface area contributed by atoms with Crippen LogP contribution >= 0.6 is 11.6 Å². The Balaban J connectivity index is 1.91. The lowest BCUT2D eigenvalue weighted by atomic mass is 9.98. The van der Waals surface area contributed by atoms with Crippen molar-refractivity contribution in [1.29, 1.82) is 0 Å². The second kappa shape index (κ2) is 9.08. The van der Waals surface area contributed by atoms with Crippen LogP contribution in [0.4, 0.5) is 11.4 Å². The number of nitrogen functional groups attached to an aromatic ring is 1. The van der Waals surface area contributed by atoms with Crippen LogP contribution < -0.4 is 16.5 Å². The van der Waals surface area contributed by atoms with Gasteiger partial charge in [-0.1, -0.05) is 17.7 Å². The molecule has 0 aliphatic carbocycles. The molecule has 0 spiro atoms. The van der Waals surface area contributed by atoms with Crippen molar-refractivity contribution in [3.05, 3.63) is 86.3 Å². The number of benzene rings is 2. The third kappa shape index (κ3) is 4.34. The lowest BCUT2D eigenvalue weighted by Crippen LogP contribution is -2.12. The van der Waals surface area contributed by atoms with Gasteiger partial charge >= 0.3 is 0 Å². The number of halogens is 1. The number of hydrogen-bond acceptors (Lipinski definition) is 6. The molecular formula is C26H25ClN4O2. The fourth-order valence-corrected chi connectivity index (χ4v) is 4.11. The molecule has 2 aromatic heterocycles. The van der Waals surface area contributed by atoms with E-state index in [9.17, 15) is 4.79 Å². The quantitative estimate of drug-likeness (QED) is 0.219. The lowest BCUT2D eigenvalue weighted by molar-refractivity contribution is 0.605. The smallest absolute Gasteiger partial charge is 0.196 e. The highest BCUT2D eigenvalue weighted by Gasteiger charge is 2.20. The van der Waals surface area contributed by atoms with E-state index in [2.05, 4.69) is 15.3 Å². The number of aliphatic imine (C=N–C) groups is 1. The summed E-state index contributed by atoms with van der Waals surface area (Å²) in [6.45, 7) is 5.74. The molecule has 33 heavy (non-hydrogen) atoms. The minimum Gasteiger partial charge on any atom is -0.455 e. The first kappa shape index (κ1) is 22.6. The molecule has 2 heterocycles. The third-order valence-corrected chi connectivity index (χ3v) is 5.91. The maximum Gasteiger partial charge on any atom is 0.196 e. The number of pyridine rings is 1. The fraction of sp³-hybridized carbons (Fsp3) is 0.192. The predicted octanol–water partition coefficient (Wildman–Crippen LogP) is 5.93. The topological polar surface area (TPSA) is 93.5 Å². The Kier molecular flexibility index (Phi) is 6.20. The van der Waals surface area contributed by atoms with Crippen LogP contribution in [0.3, 0.4) is 0 Å². The molecule has 0 saturated heterocycles. The Hall–Kier alpha value is -3.64. The third-order valence-electron chi connectivity index (χ3n) is 5.61. The average molecular weight is 461 g/mol. The summed E-state index contributed by atoms with van der Waals surface area (Å²) in [5.74, 6) is 0.509. The van der Waals surface area contributed by atoms with Crippen molar-refractivity contribution >= 4 is 40.2 Å². The number of nitrogens with zero attached hydrogens (tertiary/aromatic N) is 2. The maximum absolute atomic E-state index is 13.4. The highest BCUT2D eigenvalue weighted by Crippen LogP contribution is 2.33. The molecule has 0 unspecified atom stereocenters. The van der Waals surface area contributed by atoms with Crippen molar-refractivity contribution in [3.63, 3.8) is 0 Å². The highest BCUT2D eigenvalue weighted by atomic mass is 35.5. The number of rotatable bonds is 5. The number of nitrogens with one attached hydrogen (secondary N) is 1. The van der Waals surface area contributed by atoms with Gasteiger partial charge in [-0.05, 0) is 62.7 Å². The van der Waals surface area contributed by atoms with E-state index in [0.717, 1.165) is 22.3 Å². The molecule has 0 bridgehead atoms. The first-order valence-corrected chi connectivity index (χ1v) is 10.9. The van der Waals surface area contributed by atoms with E-state index in [1.165, 1.54) is 0 Å². The number of aromatic nitrogens is 1. The zero-order valence-corrected chi connectivity index (χ0v) is 19.7. The highest BCUT2D eigenvalue weighted by molar-refractivity contribution is 6.31. The summed E-state index contributed by atoms with van der Waals surface area (Å²) >= 11 is 6.24. The van der Waals surface area contributed by atoms with E-state index in [1.54, 1.807) is 32.4 Å². The van der Waals surface area contributed by atoms with Gasteiger partial charge in [0.25, 0.3) is 0 Å². The molecule has 0 amide bonds. The zero-order chi connectivity index (χ0) is 23.7. The summed E-state index contributed by atoms with van der Waals surface area (Å²) in [6.07, 6.45) is 3.32. The van der Waals surface area contributed by atoms with Crippen molar-refractivity contribution in [2.75, 3.05) is 18.1 Å². The molecule has 2 aromatic carbocycles. The molecule has 168 valence electrons. The van der Waals surface area contributed by atoms with Gasteiger partial charge in [-0.15, -0.1) is 0 Å². The molecule has 0 fully saturated rings. The SMILES string of the molecule is CN=Cc1cc(-c2oc3c([C@@H](C)Nc4cccnc4Cl)cc(C)cc3c(=O)c2C)ccc1N. The van der Waals surface area contributed by atoms with Crippen LogP contribution in [0.5, 0.6) is 0 Å². The zero-order valence-electron chi connectivity index (χ0n) is 18.9. The van der Waals surface area contributed by atoms with Gasteiger partial charge < -0.3 is 15.5 Å². The van der Waals surface area contributed by atoms with Gasteiger partial charge in [-0.25, -0.2) is 4.98 Å². The summed E-state index contributed by atoms with van der Waals surface area (Å²) < 4.78 is 6.43. The molecule has 6 nitrogen and oxygen atoms in total. The van der Waals surface area contributed by atoms with Crippen LogP contribution in [-0.4, -0.2) is 18.2 Å². The van der Waals surface area contributed by atoms with Crippen molar-refractivity contribution in [3.8, 4) is 11.3 Å². The molecule has 0 saturated carbocycles. The van der Waals surface area contributed by atoms with Gasteiger partial charge in [0.05, 0.1) is 17.1 Å². The summed E-state index contributed by atoms with van der Waals surface area (Å²) in [6, 6.07) is 12.9. The molecule has 3 N–H and O–H groups in total. The number of fused-ring (bicyclic) bond motifs is 1. The second-order valence-electron chi connectivity index (χ2n) is 8.05. The fourth-order valence-electron chi connectivity index (χ4n) is 3.94. The van der Waals surface area contributed by atoms with Gasteiger partial charge in [0.15, 0.2) is 10.6 Å². The molecule has 0 aliphatic heterocycles. The maximum atomic E-state index is 13.4. The average Bonchev–Trinajstić information content (AvgIpc) is 2.79. The number of anilines is 2. The van der Waals surface area contributed by atoms with Crippen LogP contribution in [-0.2, 0) is 0 Å².